The van der Waals surface area contributed by atoms with Crippen molar-refractivity contribution >= 4 is 32.4 Å². The Bertz CT molecular complexity index is 1780. The van der Waals surface area contributed by atoms with Crippen molar-refractivity contribution in [3.8, 4) is 11.5 Å². The van der Waals surface area contributed by atoms with E-state index in [-0.39, 0.29) is 33.6 Å². The zero-order valence-electron chi connectivity index (χ0n) is 27.4. The van der Waals surface area contributed by atoms with Gasteiger partial charge in [-0.3, -0.25) is 4.79 Å². The molecule has 240 valence electrons. The van der Waals surface area contributed by atoms with Crippen molar-refractivity contribution in [3.63, 3.8) is 0 Å². The molecule has 0 aliphatic heterocycles. The largest absolute Gasteiger partial charge is 0.506 e. The Morgan fingerprint density at radius 1 is 0.867 bits per heavy atom. The van der Waals surface area contributed by atoms with Gasteiger partial charge < -0.3 is 15.2 Å². The number of carbonyl (C=O) groups is 1. The number of fused-ring (bicyclic) bond motifs is 1. The standard InChI is InChI=1S/C37H46N2O5S/c1-8-28(44-33-21-19-26(36(4,5)9-2)22-32(33)37(6,7)10-3)24-38-45(42,43)29-16-13-15-27(23-29)39-35(41)31-20-18-25-14-11-12-17-30(25)34(31)40/h11-23,28,38,40H,8-10,24H2,1-7H3,(H,39,41). The van der Waals surface area contributed by atoms with Crippen molar-refractivity contribution in [3.05, 3.63) is 95.6 Å². The Hall–Kier alpha value is -3.88. The third-order valence-corrected chi connectivity index (χ3v) is 10.5. The average molecular weight is 631 g/mol. The van der Waals surface area contributed by atoms with Gasteiger partial charge in [0.05, 0.1) is 10.5 Å². The summed E-state index contributed by atoms with van der Waals surface area (Å²) in [5.41, 5.74) is 2.67. The topological polar surface area (TPSA) is 105 Å². The Labute approximate surface area is 268 Å². The Balaban J connectivity index is 1.49. The Morgan fingerprint density at radius 2 is 1.58 bits per heavy atom. The highest BCUT2D eigenvalue weighted by molar-refractivity contribution is 7.89. The molecule has 1 amide bonds. The number of sulfonamides is 1. The van der Waals surface area contributed by atoms with Crippen LogP contribution < -0.4 is 14.8 Å². The van der Waals surface area contributed by atoms with Crippen molar-refractivity contribution in [1.29, 1.82) is 0 Å². The highest BCUT2D eigenvalue weighted by atomic mass is 32.2. The molecule has 4 aromatic carbocycles. The molecule has 0 aliphatic carbocycles. The van der Waals surface area contributed by atoms with Crippen LogP contribution in [0.4, 0.5) is 5.69 Å². The number of carbonyl (C=O) groups excluding carboxylic acids is 1. The lowest BCUT2D eigenvalue weighted by Gasteiger charge is -2.31. The van der Waals surface area contributed by atoms with Crippen molar-refractivity contribution in [1.82, 2.24) is 4.72 Å². The van der Waals surface area contributed by atoms with E-state index in [2.05, 4.69) is 63.7 Å². The van der Waals surface area contributed by atoms with E-state index >= 15 is 0 Å². The van der Waals surface area contributed by atoms with Crippen LogP contribution in [-0.2, 0) is 20.9 Å². The van der Waals surface area contributed by atoms with Gasteiger partial charge in [0.1, 0.15) is 17.6 Å². The summed E-state index contributed by atoms with van der Waals surface area (Å²) in [6.45, 7) is 15.3. The molecule has 45 heavy (non-hydrogen) atoms. The van der Waals surface area contributed by atoms with E-state index in [0.29, 0.717) is 17.5 Å². The second-order valence-electron chi connectivity index (χ2n) is 12.9. The Kier molecular flexibility index (Phi) is 10.3. The van der Waals surface area contributed by atoms with Gasteiger partial charge in [0, 0.05) is 23.2 Å². The van der Waals surface area contributed by atoms with Crippen LogP contribution in [0.5, 0.6) is 11.5 Å². The number of rotatable bonds is 13. The van der Waals surface area contributed by atoms with E-state index in [1.54, 1.807) is 36.4 Å². The molecule has 0 fully saturated rings. The zero-order valence-corrected chi connectivity index (χ0v) is 28.2. The zero-order chi connectivity index (χ0) is 33.0. The van der Waals surface area contributed by atoms with Gasteiger partial charge in [-0.1, -0.05) is 97.0 Å². The van der Waals surface area contributed by atoms with Gasteiger partial charge in [-0.25, -0.2) is 13.1 Å². The molecule has 0 spiro atoms. The molecule has 8 heteroatoms. The number of ether oxygens (including phenoxy) is 1. The molecule has 0 saturated carbocycles. The van der Waals surface area contributed by atoms with Crippen LogP contribution >= 0.6 is 0 Å². The van der Waals surface area contributed by atoms with Crippen molar-refractivity contribution in [2.24, 2.45) is 0 Å². The molecule has 1 atom stereocenters. The summed E-state index contributed by atoms with van der Waals surface area (Å²) in [6, 6.07) is 23.0. The summed E-state index contributed by atoms with van der Waals surface area (Å²) < 4.78 is 35.9. The molecule has 7 nitrogen and oxygen atoms in total. The lowest BCUT2D eigenvalue weighted by Crippen LogP contribution is -2.35. The molecular formula is C37H46N2O5S. The van der Waals surface area contributed by atoms with Crippen LogP contribution in [0, 0.1) is 0 Å². The molecule has 0 saturated heterocycles. The van der Waals surface area contributed by atoms with E-state index in [4.69, 9.17) is 4.74 Å². The first-order valence-corrected chi connectivity index (χ1v) is 17.1. The van der Waals surface area contributed by atoms with Crippen LogP contribution in [0.15, 0.2) is 83.8 Å². The maximum absolute atomic E-state index is 13.4. The summed E-state index contributed by atoms with van der Waals surface area (Å²) in [7, 11) is -3.92. The van der Waals surface area contributed by atoms with Gasteiger partial charge in [0.15, 0.2) is 0 Å². The molecule has 0 heterocycles. The lowest BCUT2D eigenvalue weighted by atomic mass is 9.76. The number of aromatic hydroxyl groups is 1. The minimum atomic E-state index is -3.92. The van der Waals surface area contributed by atoms with Gasteiger partial charge >= 0.3 is 0 Å². The molecule has 0 radical (unpaired) electrons. The number of phenolic OH excluding ortho intramolecular Hbond substituents is 1. The highest BCUT2D eigenvalue weighted by Crippen LogP contribution is 2.39. The number of amides is 1. The number of phenols is 1. The van der Waals surface area contributed by atoms with Crippen LogP contribution in [0.1, 0.15) is 89.2 Å². The Morgan fingerprint density at radius 3 is 2.27 bits per heavy atom. The minimum absolute atomic E-state index is 0.0110. The van der Waals surface area contributed by atoms with E-state index in [1.807, 2.05) is 25.1 Å². The number of anilines is 1. The third kappa shape index (κ3) is 7.68. The third-order valence-electron chi connectivity index (χ3n) is 9.06. The van der Waals surface area contributed by atoms with Gasteiger partial charge in [0.25, 0.3) is 5.91 Å². The monoisotopic (exact) mass is 630 g/mol. The summed E-state index contributed by atoms with van der Waals surface area (Å²) in [4.78, 5) is 13.0. The predicted octanol–water partition coefficient (Wildman–Crippen LogP) is 8.31. The lowest BCUT2D eigenvalue weighted by molar-refractivity contribution is 0.102. The summed E-state index contributed by atoms with van der Waals surface area (Å²) in [5, 5.41) is 14.8. The molecule has 1 unspecified atom stereocenters. The van der Waals surface area contributed by atoms with E-state index in [0.717, 1.165) is 29.5 Å². The summed E-state index contributed by atoms with van der Waals surface area (Å²) in [6.07, 6.45) is 2.14. The first-order chi connectivity index (χ1) is 21.2. The fraction of sp³-hybridized carbons (Fsp3) is 0.378. The van der Waals surface area contributed by atoms with Crippen molar-refractivity contribution in [2.75, 3.05) is 11.9 Å². The smallest absolute Gasteiger partial charge is 0.259 e. The fourth-order valence-electron chi connectivity index (χ4n) is 5.09. The normalized spacial score (nSPS) is 13.0. The maximum Gasteiger partial charge on any atom is 0.259 e. The molecule has 0 bridgehead atoms. The molecule has 0 aromatic heterocycles. The van der Waals surface area contributed by atoms with Crippen LogP contribution in [0.25, 0.3) is 10.8 Å². The van der Waals surface area contributed by atoms with Crippen LogP contribution in [0.2, 0.25) is 0 Å². The number of hydrogen-bond acceptors (Lipinski definition) is 5. The second kappa shape index (κ2) is 13.6. The average Bonchev–Trinajstić information content (AvgIpc) is 3.03. The molecule has 0 aliphatic rings. The maximum atomic E-state index is 13.4. The van der Waals surface area contributed by atoms with Gasteiger partial charge in [-0.15, -0.1) is 0 Å². The molecule has 4 rings (SSSR count). The van der Waals surface area contributed by atoms with E-state index in [9.17, 15) is 18.3 Å². The summed E-state index contributed by atoms with van der Waals surface area (Å²) in [5.74, 6) is 0.0976. The van der Waals surface area contributed by atoms with Crippen LogP contribution in [0.3, 0.4) is 0 Å². The minimum Gasteiger partial charge on any atom is -0.506 e. The number of hydrogen-bond donors (Lipinski definition) is 3. The van der Waals surface area contributed by atoms with Gasteiger partial charge in [-0.05, 0) is 71.4 Å². The molecule has 4 aromatic rings. The number of nitrogens with one attached hydrogen (secondary N) is 2. The fourth-order valence-corrected chi connectivity index (χ4v) is 6.20. The highest BCUT2D eigenvalue weighted by Gasteiger charge is 2.28. The van der Waals surface area contributed by atoms with Gasteiger partial charge in [0.2, 0.25) is 10.0 Å². The summed E-state index contributed by atoms with van der Waals surface area (Å²) >= 11 is 0. The van der Waals surface area contributed by atoms with Gasteiger partial charge in [-0.2, -0.15) is 0 Å². The van der Waals surface area contributed by atoms with Crippen molar-refractivity contribution in [2.45, 2.75) is 89.6 Å². The predicted molar refractivity (Wildman–Crippen MR) is 183 cm³/mol. The second-order valence-corrected chi connectivity index (χ2v) is 14.6. The van der Waals surface area contributed by atoms with E-state index in [1.165, 1.54) is 17.7 Å². The number of benzene rings is 4. The van der Waals surface area contributed by atoms with Crippen LogP contribution in [-0.4, -0.2) is 32.1 Å². The molecule has 3 N–H and O–H groups in total. The van der Waals surface area contributed by atoms with E-state index < -0.39 is 22.0 Å². The molecular weight excluding hydrogens is 584 g/mol. The first kappa shape index (κ1) is 34.0. The quantitative estimate of drug-likeness (QED) is 0.138. The SMILES string of the molecule is CCC(CNS(=O)(=O)c1cccc(NC(=O)c2ccc3ccccc3c2O)c1)Oc1ccc(C(C)(C)CC)cc1C(C)(C)CC. The first-order valence-electron chi connectivity index (χ1n) is 15.7. The van der Waals surface area contributed by atoms with Crippen molar-refractivity contribution < 1.29 is 23.1 Å².